The summed E-state index contributed by atoms with van der Waals surface area (Å²) in [5.41, 5.74) is 2.77. The minimum atomic E-state index is -0.768. The Morgan fingerprint density at radius 3 is 2.50 bits per heavy atom. The van der Waals surface area contributed by atoms with Crippen molar-refractivity contribution in [1.29, 1.82) is 0 Å². The Bertz CT molecular complexity index is 409. The fourth-order valence-corrected chi connectivity index (χ4v) is 2.47. The molecule has 18 heavy (non-hydrogen) atoms. The fourth-order valence-electron chi connectivity index (χ4n) is 2.47. The van der Waals surface area contributed by atoms with Crippen molar-refractivity contribution < 1.29 is 5.11 Å². The van der Waals surface area contributed by atoms with E-state index in [4.69, 9.17) is 0 Å². The van der Waals surface area contributed by atoms with E-state index in [0.717, 1.165) is 31.7 Å². The molecule has 1 unspecified atom stereocenters. The molecule has 2 rings (SSSR count). The van der Waals surface area contributed by atoms with Gasteiger partial charge in [0.15, 0.2) is 0 Å². The molecule has 0 saturated carbocycles. The number of aryl methyl sites for hydroxylation is 2. The van der Waals surface area contributed by atoms with Crippen LogP contribution < -0.4 is 5.32 Å². The van der Waals surface area contributed by atoms with Crippen molar-refractivity contribution in [2.24, 2.45) is 0 Å². The quantitative estimate of drug-likeness (QED) is 0.849. The van der Waals surface area contributed by atoms with E-state index < -0.39 is 5.60 Å². The van der Waals surface area contributed by atoms with Crippen LogP contribution in [-0.4, -0.2) is 42.7 Å². The second-order valence-electron chi connectivity index (χ2n) is 5.60. The lowest BCUT2D eigenvalue weighted by Gasteiger charge is -2.34. The first-order chi connectivity index (χ1) is 8.49. The molecule has 1 fully saturated rings. The van der Waals surface area contributed by atoms with Crippen molar-refractivity contribution >= 4 is 0 Å². The van der Waals surface area contributed by atoms with Crippen LogP contribution in [0.25, 0.3) is 0 Å². The van der Waals surface area contributed by atoms with Gasteiger partial charge in [0.05, 0.1) is 5.60 Å². The predicted molar refractivity (Wildman–Crippen MR) is 74.8 cm³/mol. The zero-order chi connectivity index (χ0) is 13.2. The Hall–Kier alpha value is -0.900. The van der Waals surface area contributed by atoms with E-state index in [2.05, 4.69) is 36.2 Å². The van der Waals surface area contributed by atoms with Gasteiger partial charge in [-0.25, -0.2) is 0 Å². The van der Waals surface area contributed by atoms with Gasteiger partial charge >= 0.3 is 0 Å². The first-order valence-corrected chi connectivity index (χ1v) is 6.72. The Morgan fingerprint density at radius 2 is 1.89 bits per heavy atom. The molecule has 0 aromatic heterocycles. The van der Waals surface area contributed by atoms with Gasteiger partial charge in [-0.15, -0.1) is 0 Å². The van der Waals surface area contributed by atoms with Gasteiger partial charge in [0, 0.05) is 32.7 Å². The molecule has 3 nitrogen and oxygen atoms in total. The summed E-state index contributed by atoms with van der Waals surface area (Å²) in [6.07, 6.45) is 0. The number of β-amino-alcohol motifs (C(OH)–C–C–N with tert-alkyl or cyclic N) is 1. The maximum Gasteiger partial charge on any atom is 0.0994 e. The topological polar surface area (TPSA) is 35.5 Å². The molecular weight excluding hydrogens is 224 g/mol. The van der Waals surface area contributed by atoms with E-state index in [1.165, 1.54) is 11.1 Å². The summed E-state index contributed by atoms with van der Waals surface area (Å²) in [5.74, 6) is 0. The summed E-state index contributed by atoms with van der Waals surface area (Å²) in [6.45, 7) is 10.9. The molecule has 3 heteroatoms. The summed E-state index contributed by atoms with van der Waals surface area (Å²) in [6, 6.07) is 6.25. The van der Waals surface area contributed by atoms with Gasteiger partial charge in [0.2, 0.25) is 0 Å². The van der Waals surface area contributed by atoms with Gasteiger partial charge in [-0.3, -0.25) is 4.90 Å². The third kappa shape index (κ3) is 3.10. The van der Waals surface area contributed by atoms with Crippen LogP contribution in [0.15, 0.2) is 18.2 Å². The lowest BCUT2D eigenvalue weighted by molar-refractivity contribution is 0.0125. The van der Waals surface area contributed by atoms with Gasteiger partial charge in [-0.1, -0.05) is 18.2 Å². The lowest BCUT2D eigenvalue weighted by atomic mass is 9.92. The minimum Gasteiger partial charge on any atom is -0.384 e. The summed E-state index contributed by atoms with van der Waals surface area (Å²) in [4.78, 5) is 2.33. The predicted octanol–water partition coefficient (Wildman–Crippen LogP) is 1.42. The van der Waals surface area contributed by atoms with Crippen LogP contribution in [0.4, 0.5) is 0 Å². The minimum absolute atomic E-state index is 0.706. The first kappa shape index (κ1) is 13.5. The molecule has 100 valence electrons. The third-order valence-corrected chi connectivity index (χ3v) is 3.87. The monoisotopic (exact) mass is 248 g/mol. The van der Waals surface area contributed by atoms with Crippen molar-refractivity contribution in [2.75, 3.05) is 32.7 Å². The van der Waals surface area contributed by atoms with Crippen molar-refractivity contribution in [3.05, 3.63) is 34.9 Å². The molecule has 1 heterocycles. The highest BCUT2D eigenvalue weighted by atomic mass is 16.3. The van der Waals surface area contributed by atoms with Gasteiger partial charge in [0.1, 0.15) is 0 Å². The Morgan fingerprint density at radius 1 is 1.22 bits per heavy atom. The highest BCUT2D eigenvalue weighted by molar-refractivity contribution is 5.33. The Labute approximate surface area is 110 Å². The number of nitrogens with zero attached hydrogens (tertiary/aromatic N) is 1. The fraction of sp³-hybridized carbons (Fsp3) is 0.600. The van der Waals surface area contributed by atoms with E-state index in [1.807, 2.05) is 13.0 Å². The van der Waals surface area contributed by atoms with Crippen molar-refractivity contribution in [1.82, 2.24) is 10.2 Å². The highest BCUT2D eigenvalue weighted by Crippen LogP contribution is 2.24. The number of benzene rings is 1. The second-order valence-corrected chi connectivity index (χ2v) is 5.60. The first-order valence-electron chi connectivity index (χ1n) is 6.72. The third-order valence-electron chi connectivity index (χ3n) is 3.87. The Balaban J connectivity index is 2.10. The Kier molecular flexibility index (Phi) is 4.05. The molecule has 0 radical (unpaired) electrons. The molecule has 1 aliphatic heterocycles. The number of rotatable bonds is 3. The van der Waals surface area contributed by atoms with Crippen LogP contribution in [0, 0.1) is 13.8 Å². The van der Waals surface area contributed by atoms with E-state index in [9.17, 15) is 5.11 Å². The maximum absolute atomic E-state index is 10.7. The molecule has 2 N–H and O–H groups in total. The van der Waals surface area contributed by atoms with E-state index in [-0.39, 0.29) is 0 Å². The van der Waals surface area contributed by atoms with Crippen LogP contribution in [0.3, 0.4) is 0 Å². The number of piperazine rings is 1. The van der Waals surface area contributed by atoms with Crippen LogP contribution in [-0.2, 0) is 5.60 Å². The van der Waals surface area contributed by atoms with Crippen LogP contribution in [0.5, 0.6) is 0 Å². The van der Waals surface area contributed by atoms with E-state index in [0.29, 0.717) is 6.54 Å². The van der Waals surface area contributed by atoms with Crippen LogP contribution in [0.1, 0.15) is 23.6 Å². The highest BCUT2D eigenvalue weighted by Gasteiger charge is 2.27. The van der Waals surface area contributed by atoms with Gasteiger partial charge in [-0.2, -0.15) is 0 Å². The van der Waals surface area contributed by atoms with Crippen molar-refractivity contribution in [2.45, 2.75) is 26.4 Å². The zero-order valence-electron chi connectivity index (χ0n) is 11.7. The number of hydrogen-bond donors (Lipinski definition) is 2. The standard InChI is InChI=1S/C15H24N2O/c1-12-4-5-14(10-13(12)2)15(3,18)11-17-8-6-16-7-9-17/h4-5,10,16,18H,6-9,11H2,1-3H3. The summed E-state index contributed by atoms with van der Waals surface area (Å²) in [5, 5.41) is 14.0. The largest absolute Gasteiger partial charge is 0.384 e. The maximum atomic E-state index is 10.7. The summed E-state index contributed by atoms with van der Waals surface area (Å²) < 4.78 is 0. The molecule has 0 aliphatic carbocycles. The van der Waals surface area contributed by atoms with Gasteiger partial charge in [0.25, 0.3) is 0 Å². The van der Waals surface area contributed by atoms with Crippen molar-refractivity contribution in [3.8, 4) is 0 Å². The molecule has 1 aliphatic rings. The number of hydrogen-bond acceptors (Lipinski definition) is 3. The lowest BCUT2D eigenvalue weighted by Crippen LogP contribution is -2.48. The van der Waals surface area contributed by atoms with Crippen LogP contribution in [0.2, 0.25) is 0 Å². The molecule has 1 saturated heterocycles. The van der Waals surface area contributed by atoms with Crippen molar-refractivity contribution in [3.63, 3.8) is 0 Å². The zero-order valence-corrected chi connectivity index (χ0v) is 11.7. The molecule has 0 amide bonds. The van der Waals surface area contributed by atoms with Crippen LogP contribution >= 0.6 is 0 Å². The average molecular weight is 248 g/mol. The molecule has 0 spiro atoms. The molecule has 1 aromatic carbocycles. The molecule has 0 bridgehead atoms. The molecule has 1 aromatic rings. The second kappa shape index (κ2) is 5.39. The normalized spacial score (nSPS) is 20.7. The molecular formula is C15H24N2O. The SMILES string of the molecule is Cc1ccc(C(C)(O)CN2CCNCC2)cc1C. The van der Waals surface area contributed by atoms with E-state index >= 15 is 0 Å². The summed E-state index contributed by atoms with van der Waals surface area (Å²) >= 11 is 0. The summed E-state index contributed by atoms with van der Waals surface area (Å²) in [7, 11) is 0. The smallest absolute Gasteiger partial charge is 0.0994 e. The molecule has 1 atom stereocenters. The number of aliphatic hydroxyl groups is 1. The van der Waals surface area contributed by atoms with Gasteiger partial charge < -0.3 is 10.4 Å². The van der Waals surface area contributed by atoms with E-state index in [1.54, 1.807) is 0 Å². The average Bonchev–Trinajstić information content (AvgIpc) is 2.33. The van der Waals surface area contributed by atoms with Gasteiger partial charge in [-0.05, 0) is 37.5 Å². The number of nitrogens with one attached hydrogen (secondary N) is 1.